The van der Waals surface area contributed by atoms with Crippen LogP contribution in [-0.4, -0.2) is 61.0 Å². The van der Waals surface area contributed by atoms with Gasteiger partial charge >= 0.3 is 0 Å². The Labute approximate surface area is 186 Å². The van der Waals surface area contributed by atoms with Gasteiger partial charge in [0.2, 0.25) is 10.0 Å². The first kappa shape index (κ1) is 22.1. The van der Waals surface area contributed by atoms with E-state index in [4.69, 9.17) is 9.47 Å². The molecule has 10 heteroatoms. The number of carbonyl (C=O) groups is 1. The summed E-state index contributed by atoms with van der Waals surface area (Å²) < 4.78 is 38.5. The van der Waals surface area contributed by atoms with Gasteiger partial charge in [0.05, 0.1) is 47.1 Å². The van der Waals surface area contributed by atoms with Crippen LogP contribution >= 0.6 is 0 Å². The molecule has 168 valence electrons. The first-order chi connectivity index (χ1) is 15.3. The number of para-hydroxylation sites is 2. The minimum atomic E-state index is -3.74. The molecule has 0 bridgehead atoms. The highest BCUT2D eigenvalue weighted by molar-refractivity contribution is 7.89. The summed E-state index contributed by atoms with van der Waals surface area (Å²) in [5.41, 5.74) is 1.61. The van der Waals surface area contributed by atoms with E-state index in [0.29, 0.717) is 30.0 Å². The van der Waals surface area contributed by atoms with Gasteiger partial charge in [-0.3, -0.25) is 9.78 Å². The molecule has 32 heavy (non-hydrogen) atoms. The SMILES string of the molecule is CC(C)Oc1ccc(S(=O)(=O)N2CCOCC2)cc1NC(=O)c1cnc2ccccc2n1. The van der Waals surface area contributed by atoms with Gasteiger partial charge in [-0.2, -0.15) is 4.31 Å². The number of sulfonamides is 1. The number of fused-ring (bicyclic) bond motifs is 1. The third-order valence-electron chi connectivity index (χ3n) is 4.85. The molecular formula is C22H24N4O5S. The van der Waals surface area contributed by atoms with Crippen LogP contribution in [0.5, 0.6) is 5.75 Å². The van der Waals surface area contributed by atoms with Gasteiger partial charge in [0.15, 0.2) is 0 Å². The summed E-state index contributed by atoms with van der Waals surface area (Å²) in [6.07, 6.45) is 1.21. The van der Waals surface area contributed by atoms with Crippen molar-refractivity contribution in [2.24, 2.45) is 0 Å². The van der Waals surface area contributed by atoms with Gasteiger partial charge in [-0.25, -0.2) is 13.4 Å². The van der Waals surface area contributed by atoms with Crippen LogP contribution in [0.3, 0.4) is 0 Å². The van der Waals surface area contributed by atoms with E-state index in [2.05, 4.69) is 15.3 Å². The fraction of sp³-hybridized carbons (Fsp3) is 0.318. The van der Waals surface area contributed by atoms with Crippen LogP contribution < -0.4 is 10.1 Å². The van der Waals surface area contributed by atoms with E-state index >= 15 is 0 Å². The highest BCUT2D eigenvalue weighted by Crippen LogP contribution is 2.30. The first-order valence-electron chi connectivity index (χ1n) is 10.3. The Morgan fingerprint density at radius 2 is 1.84 bits per heavy atom. The predicted molar refractivity (Wildman–Crippen MR) is 119 cm³/mol. The molecule has 1 aliphatic heterocycles. The van der Waals surface area contributed by atoms with E-state index in [-0.39, 0.29) is 35.5 Å². The Morgan fingerprint density at radius 3 is 2.56 bits per heavy atom. The maximum Gasteiger partial charge on any atom is 0.275 e. The first-order valence-corrected chi connectivity index (χ1v) is 11.7. The van der Waals surface area contributed by atoms with Gasteiger partial charge in [0.1, 0.15) is 11.4 Å². The summed E-state index contributed by atoms with van der Waals surface area (Å²) in [5, 5.41) is 2.74. The van der Waals surface area contributed by atoms with Crippen molar-refractivity contribution in [3.63, 3.8) is 0 Å². The van der Waals surface area contributed by atoms with Gasteiger partial charge < -0.3 is 14.8 Å². The summed E-state index contributed by atoms with van der Waals surface area (Å²) in [5.74, 6) is -0.152. The van der Waals surface area contributed by atoms with Crippen molar-refractivity contribution in [3.05, 3.63) is 54.4 Å². The topological polar surface area (TPSA) is 111 Å². The van der Waals surface area contributed by atoms with Crippen LogP contribution in [0.1, 0.15) is 24.3 Å². The van der Waals surface area contributed by atoms with Crippen LogP contribution in [0, 0.1) is 0 Å². The third kappa shape index (κ3) is 4.72. The summed E-state index contributed by atoms with van der Waals surface area (Å²) in [6.45, 7) is 4.94. The number of nitrogens with one attached hydrogen (secondary N) is 1. The minimum absolute atomic E-state index is 0.0652. The van der Waals surface area contributed by atoms with Crippen molar-refractivity contribution in [1.29, 1.82) is 0 Å². The molecule has 1 aromatic heterocycles. The summed E-state index contributed by atoms with van der Waals surface area (Å²) in [6, 6.07) is 11.7. The smallest absolute Gasteiger partial charge is 0.275 e. The number of carbonyl (C=O) groups excluding carboxylic acids is 1. The van der Waals surface area contributed by atoms with E-state index in [1.807, 2.05) is 26.0 Å². The molecule has 0 spiro atoms. The third-order valence-corrected chi connectivity index (χ3v) is 6.75. The quantitative estimate of drug-likeness (QED) is 0.607. The number of morpholine rings is 1. The average Bonchev–Trinajstić information content (AvgIpc) is 2.80. The van der Waals surface area contributed by atoms with Crippen molar-refractivity contribution in [3.8, 4) is 5.75 Å². The fourth-order valence-electron chi connectivity index (χ4n) is 3.31. The van der Waals surface area contributed by atoms with Gasteiger partial charge in [0, 0.05) is 13.1 Å². The lowest BCUT2D eigenvalue weighted by Crippen LogP contribution is -2.40. The Morgan fingerprint density at radius 1 is 1.12 bits per heavy atom. The maximum absolute atomic E-state index is 13.1. The molecule has 0 unspecified atom stereocenters. The molecule has 1 aliphatic rings. The Balaban J connectivity index is 1.66. The molecule has 1 amide bonds. The number of anilines is 1. The second-order valence-corrected chi connectivity index (χ2v) is 9.48. The van der Waals surface area contributed by atoms with Gasteiger partial charge in [-0.1, -0.05) is 12.1 Å². The molecule has 1 saturated heterocycles. The Bertz CT molecular complexity index is 1240. The lowest BCUT2D eigenvalue weighted by Gasteiger charge is -2.26. The van der Waals surface area contributed by atoms with E-state index in [9.17, 15) is 13.2 Å². The molecule has 9 nitrogen and oxygen atoms in total. The molecule has 4 rings (SSSR count). The molecule has 2 aromatic carbocycles. The van der Waals surface area contributed by atoms with Crippen molar-refractivity contribution in [1.82, 2.24) is 14.3 Å². The standard InChI is InChI=1S/C22H24N4O5S/c1-15(2)31-21-8-7-16(32(28,29)26-9-11-30-12-10-26)13-19(21)25-22(27)20-14-23-17-5-3-4-6-18(17)24-20/h3-8,13-15H,9-12H2,1-2H3,(H,25,27). The fourth-order valence-corrected chi connectivity index (χ4v) is 4.75. The monoisotopic (exact) mass is 456 g/mol. The number of amides is 1. The molecule has 3 aromatic rings. The number of aromatic nitrogens is 2. The average molecular weight is 457 g/mol. The summed E-state index contributed by atoms with van der Waals surface area (Å²) in [7, 11) is -3.74. The summed E-state index contributed by atoms with van der Waals surface area (Å²) >= 11 is 0. The zero-order valence-electron chi connectivity index (χ0n) is 17.8. The predicted octanol–water partition coefficient (Wildman–Crippen LogP) is 2.69. The highest BCUT2D eigenvalue weighted by Gasteiger charge is 2.27. The van der Waals surface area contributed by atoms with E-state index < -0.39 is 15.9 Å². The van der Waals surface area contributed by atoms with Crippen molar-refractivity contribution in [2.45, 2.75) is 24.8 Å². The van der Waals surface area contributed by atoms with Crippen LogP contribution in [-0.2, 0) is 14.8 Å². The van der Waals surface area contributed by atoms with E-state index in [1.165, 1.54) is 22.6 Å². The molecule has 0 radical (unpaired) electrons. The number of rotatable bonds is 6. The maximum atomic E-state index is 13.1. The van der Waals surface area contributed by atoms with Crippen LogP contribution in [0.2, 0.25) is 0 Å². The lowest BCUT2D eigenvalue weighted by atomic mass is 10.2. The van der Waals surface area contributed by atoms with Crippen LogP contribution in [0.25, 0.3) is 11.0 Å². The van der Waals surface area contributed by atoms with E-state index in [0.717, 1.165) is 0 Å². The van der Waals surface area contributed by atoms with Gasteiger partial charge in [-0.15, -0.1) is 0 Å². The van der Waals surface area contributed by atoms with Crippen LogP contribution in [0.4, 0.5) is 5.69 Å². The highest BCUT2D eigenvalue weighted by atomic mass is 32.2. The zero-order chi connectivity index (χ0) is 22.7. The normalized spacial score (nSPS) is 15.1. The Hall–Kier alpha value is -3.08. The molecule has 1 N–H and O–H groups in total. The number of nitrogens with zero attached hydrogens (tertiary/aromatic N) is 3. The summed E-state index contributed by atoms with van der Waals surface area (Å²) in [4.78, 5) is 21.6. The lowest BCUT2D eigenvalue weighted by molar-refractivity contribution is 0.0730. The molecule has 2 heterocycles. The molecule has 0 aliphatic carbocycles. The molecule has 1 fully saturated rings. The van der Waals surface area contributed by atoms with Crippen molar-refractivity contribution < 1.29 is 22.7 Å². The van der Waals surface area contributed by atoms with Crippen LogP contribution in [0.15, 0.2) is 53.6 Å². The van der Waals surface area contributed by atoms with Crippen molar-refractivity contribution in [2.75, 3.05) is 31.6 Å². The largest absolute Gasteiger partial charge is 0.489 e. The zero-order valence-corrected chi connectivity index (χ0v) is 18.6. The Kier molecular flexibility index (Phi) is 6.35. The number of hydrogen-bond acceptors (Lipinski definition) is 7. The molecule has 0 atom stereocenters. The van der Waals surface area contributed by atoms with Gasteiger partial charge in [-0.05, 0) is 44.2 Å². The number of benzene rings is 2. The second-order valence-electron chi connectivity index (χ2n) is 7.54. The van der Waals surface area contributed by atoms with Gasteiger partial charge in [0.25, 0.3) is 5.91 Å². The molecule has 0 saturated carbocycles. The number of ether oxygens (including phenoxy) is 2. The van der Waals surface area contributed by atoms with Crippen molar-refractivity contribution >= 4 is 32.7 Å². The number of hydrogen-bond donors (Lipinski definition) is 1. The molecular weight excluding hydrogens is 432 g/mol. The minimum Gasteiger partial charge on any atom is -0.489 e. The van der Waals surface area contributed by atoms with E-state index in [1.54, 1.807) is 18.2 Å². The second kappa shape index (κ2) is 9.19.